The van der Waals surface area contributed by atoms with Gasteiger partial charge in [-0.2, -0.15) is 0 Å². The second-order valence-corrected chi connectivity index (χ2v) is 11.4. The first-order valence-corrected chi connectivity index (χ1v) is 14.4. The Morgan fingerprint density at radius 2 is 1.45 bits per heavy atom. The lowest BCUT2D eigenvalue weighted by molar-refractivity contribution is -0.142. The number of Topliss-reactive ketones (excluding diaryl/α,β-unsaturated/α-hetero) is 1. The average molecular weight is 601 g/mol. The van der Waals surface area contributed by atoms with Crippen LogP contribution in [0.25, 0.3) is 6.08 Å². The third-order valence-electron chi connectivity index (χ3n) is 9.27. The minimum Gasteiger partial charge on any atom is -0.507 e. The Labute approximate surface area is 256 Å². The highest BCUT2D eigenvalue weighted by molar-refractivity contribution is 6.18. The number of likely N-dealkylation sites (N-methyl/N-ethyl adjacent to an activating group) is 1. The van der Waals surface area contributed by atoms with Crippen molar-refractivity contribution >= 4 is 17.8 Å². The largest absolute Gasteiger partial charge is 0.507 e. The Bertz CT molecular complexity index is 1730. The summed E-state index contributed by atoms with van der Waals surface area (Å²) in [4.78, 5) is 31.8. The third kappa shape index (κ3) is 4.01. The highest BCUT2D eigenvalue weighted by Gasteiger charge is 2.56. The summed E-state index contributed by atoms with van der Waals surface area (Å²) in [5.74, 6) is -0.504. The number of hydrogen-bond donors (Lipinski definition) is 2. The number of hydrogen-bond acceptors (Lipinski definition) is 9. The summed E-state index contributed by atoms with van der Waals surface area (Å²) in [6, 6.07) is 7.03. The van der Waals surface area contributed by atoms with Crippen molar-refractivity contribution in [2.45, 2.75) is 45.5 Å². The monoisotopic (exact) mass is 600 g/mol. The van der Waals surface area contributed by atoms with Crippen molar-refractivity contribution in [2.24, 2.45) is 0 Å². The van der Waals surface area contributed by atoms with E-state index in [-0.39, 0.29) is 40.5 Å². The molecule has 230 valence electrons. The molecule has 3 atom stereocenters. The molecule has 6 rings (SSSR count). The molecule has 3 aromatic rings. The van der Waals surface area contributed by atoms with Gasteiger partial charge in [-0.15, -0.1) is 0 Å². The predicted octanol–water partition coefficient (Wildman–Crippen LogP) is 4.74. The Balaban J connectivity index is 1.61. The number of aromatic hydroxyl groups is 2. The number of rotatable bonds is 7. The van der Waals surface area contributed by atoms with Crippen molar-refractivity contribution in [3.05, 3.63) is 80.5 Å². The maximum Gasteiger partial charge on any atom is 0.252 e. The number of benzene rings is 3. The van der Waals surface area contributed by atoms with Crippen LogP contribution in [-0.4, -0.2) is 72.7 Å². The molecule has 3 aromatic carbocycles. The molecule has 44 heavy (non-hydrogen) atoms. The quantitative estimate of drug-likeness (QED) is 0.293. The van der Waals surface area contributed by atoms with Crippen LogP contribution >= 0.6 is 0 Å². The van der Waals surface area contributed by atoms with E-state index in [0.717, 1.165) is 22.3 Å². The number of phenols is 2. The van der Waals surface area contributed by atoms with Gasteiger partial charge in [0.15, 0.2) is 34.8 Å². The molecule has 0 aliphatic carbocycles. The Morgan fingerprint density at radius 3 is 2.09 bits per heavy atom. The minimum atomic E-state index is -1.24. The van der Waals surface area contributed by atoms with Gasteiger partial charge < -0.3 is 34.1 Å². The van der Waals surface area contributed by atoms with E-state index in [1.807, 2.05) is 50.3 Å². The average Bonchev–Trinajstić information content (AvgIpc) is 3.01. The van der Waals surface area contributed by atoms with Gasteiger partial charge in [-0.3, -0.25) is 14.5 Å². The van der Waals surface area contributed by atoms with Gasteiger partial charge in [-0.25, -0.2) is 0 Å². The molecular weight excluding hydrogens is 564 g/mol. The van der Waals surface area contributed by atoms with Crippen molar-refractivity contribution < 1.29 is 38.7 Å². The summed E-state index contributed by atoms with van der Waals surface area (Å²) < 4.78 is 23.5. The summed E-state index contributed by atoms with van der Waals surface area (Å²) in [5, 5.41) is 22.7. The zero-order valence-electron chi connectivity index (χ0n) is 25.8. The number of methoxy groups -OCH3 is 3. The zero-order chi connectivity index (χ0) is 31.6. The van der Waals surface area contributed by atoms with Crippen molar-refractivity contribution in [3.63, 3.8) is 0 Å². The van der Waals surface area contributed by atoms with E-state index in [4.69, 9.17) is 18.9 Å². The summed E-state index contributed by atoms with van der Waals surface area (Å²) in [6.07, 6.45) is 1.91. The normalized spacial score (nSPS) is 20.5. The first-order chi connectivity index (χ1) is 21.1. The Hall–Kier alpha value is -4.54. The van der Waals surface area contributed by atoms with Crippen molar-refractivity contribution in [2.75, 3.05) is 35.0 Å². The van der Waals surface area contributed by atoms with Crippen LogP contribution in [0.1, 0.15) is 61.4 Å². The van der Waals surface area contributed by atoms with Crippen LogP contribution < -0.4 is 14.2 Å². The number of carbonyl (C=O) groups is 2. The molecule has 3 aliphatic rings. The van der Waals surface area contributed by atoms with Crippen molar-refractivity contribution in [3.8, 4) is 28.7 Å². The number of phenolic OH excluding ortho intramolecular Hbond substituents is 2. The van der Waals surface area contributed by atoms with Gasteiger partial charge in [0.05, 0.1) is 52.2 Å². The van der Waals surface area contributed by atoms with E-state index in [1.54, 1.807) is 38.0 Å². The van der Waals surface area contributed by atoms with Gasteiger partial charge in [0, 0.05) is 22.4 Å². The number of amides is 1. The summed E-state index contributed by atoms with van der Waals surface area (Å²) >= 11 is 0. The van der Waals surface area contributed by atoms with Crippen molar-refractivity contribution in [1.82, 2.24) is 9.80 Å². The summed E-state index contributed by atoms with van der Waals surface area (Å²) in [5.41, 5.74) is 5.21. The molecule has 1 fully saturated rings. The van der Waals surface area contributed by atoms with E-state index in [1.165, 1.54) is 7.11 Å². The molecule has 0 aromatic heterocycles. The van der Waals surface area contributed by atoms with Crippen LogP contribution in [0.5, 0.6) is 28.7 Å². The highest BCUT2D eigenvalue weighted by Crippen LogP contribution is 2.57. The lowest BCUT2D eigenvalue weighted by Gasteiger charge is -2.52. The van der Waals surface area contributed by atoms with E-state index in [0.29, 0.717) is 29.4 Å². The first-order valence-electron chi connectivity index (χ1n) is 14.4. The fraction of sp³-hybridized carbons (Fsp3) is 0.353. The van der Waals surface area contributed by atoms with Crippen LogP contribution in [0.3, 0.4) is 0 Å². The molecule has 10 heteroatoms. The van der Waals surface area contributed by atoms with E-state index in [2.05, 4.69) is 0 Å². The van der Waals surface area contributed by atoms with Gasteiger partial charge in [-0.05, 0) is 56.1 Å². The van der Waals surface area contributed by atoms with Crippen LogP contribution in [0.4, 0.5) is 0 Å². The SMILES string of the molecule is COc1c(C)c(O)c2c(c1O)[C@@H]1C3=Cc4c(C)c(C)c(OC)c(OC)c4[C@H](COCc4ccccc4)N3C(=O)[C@H](C2=O)N1C. The smallest absolute Gasteiger partial charge is 0.252 e. The van der Waals surface area contributed by atoms with Gasteiger partial charge >= 0.3 is 0 Å². The molecule has 1 saturated heterocycles. The lowest BCUT2D eigenvalue weighted by Crippen LogP contribution is -2.62. The zero-order valence-corrected chi connectivity index (χ0v) is 25.8. The Morgan fingerprint density at radius 1 is 0.795 bits per heavy atom. The second kappa shape index (κ2) is 10.9. The summed E-state index contributed by atoms with van der Waals surface area (Å²) in [6.45, 7) is 5.88. The Kier molecular flexibility index (Phi) is 7.30. The standard InChI is InChI=1S/C34H36N2O8/c1-16-17(2)32(42-6)33(43-7)23-20(16)13-21-26-24-25(28(37)18(3)31(41-5)30(24)39)29(38)27(35(26)4)34(40)36(21)22(23)15-44-14-19-11-9-8-10-12-19/h8-13,22,26-27,37,39H,14-15H2,1-7H3/t22-,26-,27-/m0/s1. The van der Waals surface area contributed by atoms with Gasteiger partial charge in [0.1, 0.15) is 5.75 Å². The lowest BCUT2D eigenvalue weighted by atomic mass is 9.76. The van der Waals surface area contributed by atoms with E-state index < -0.39 is 29.8 Å². The molecule has 0 spiro atoms. The van der Waals surface area contributed by atoms with Crippen molar-refractivity contribution in [1.29, 1.82) is 0 Å². The number of fused-ring (bicyclic) bond motifs is 7. The van der Waals surface area contributed by atoms with Crippen LogP contribution in [0, 0.1) is 20.8 Å². The fourth-order valence-corrected chi connectivity index (χ4v) is 7.05. The van der Waals surface area contributed by atoms with Gasteiger partial charge in [0.2, 0.25) is 0 Å². The molecule has 3 aliphatic heterocycles. The molecule has 1 amide bonds. The maximum atomic E-state index is 14.5. The maximum absolute atomic E-state index is 14.5. The molecular formula is C34H36N2O8. The number of carbonyl (C=O) groups excluding carboxylic acids is 2. The highest BCUT2D eigenvalue weighted by atomic mass is 16.5. The number of ether oxygens (including phenoxy) is 4. The number of piperazine rings is 1. The topological polar surface area (TPSA) is 118 Å². The van der Waals surface area contributed by atoms with Gasteiger partial charge in [-0.1, -0.05) is 30.3 Å². The molecule has 3 heterocycles. The number of nitrogens with zero attached hydrogens (tertiary/aromatic N) is 2. The summed E-state index contributed by atoms with van der Waals surface area (Å²) in [7, 11) is 6.21. The van der Waals surface area contributed by atoms with E-state index >= 15 is 0 Å². The molecule has 2 bridgehead atoms. The molecule has 10 nitrogen and oxygen atoms in total. The minimum absolute atomic E-state index is 0.0642. The fourth-order valence-electron chi connectivity index (χ4n) is 7.05. The van der Waals surface area contributed by atoms with Gasteiger partial charge in [0.25, 0.3) is 5.91 Å². The first kappa shape index (κ1) is 29.5. The molecule has 0 radical (unpaired) electrons. The van der Waals surface area contributed by atoms with Crippen LogP contribution in [0.2, 0.25) is 0 Å². The second-order valence-electron chi connectivity index (χ2n) is 11.4. The molecule has 2 N–H and O–H groups in total. The molecule has 0 saturated carbocycles. The van der Waals surface area contributed by atoms with Crippen LogP contribution in [0.15, 0.2) is 36.0 Å². The van der Waals surface area contributed by atoms with Crippen LogP contribution in [-0.2, 0) is 16.1 Å². The molecule has 0 unspecified atom stereocenters. The number of ketones is 1. The third-order valence-corrected chi connectivity index (χ3v) is 9.27. The van der Waals surface area contributed by atoms with E-state index in [9.17, 15) is 19.8 Å². The predicted molar refractivity (Wildman–Crippen MR) is 162 cm³/mol.